The summed E-state index contributed by atoms with van der Waals surface area (Å²) >= 11 is 0. The number of ether oxygens (including phenoxy) is 1. The fourth-order valence-electron chi connectivity index (χ4n) is 6.24. The Labute approximate surface area is 227 Å². The van der Waals surface area contributed by atoms with Crippen LogP contribution in [-0.4, -0.2) is 40.2 Å². The molecule has 0 bridgehead atoms. The molecule has 39 heavy (non-hydrogen) atoms. The highest BCUT2D eigenvalue weighted by atomic mass is 19.1. The van der Waals surface area contributed by atoms with Gasteiger partial charge in [0, 0.05) is 30.9 Å². The number of carbonyl (C=O) groups is 1. The summed E-state index contributed by atoms with van der Waals surface area (Å²) < 4.78 is 35.0. The summed E-state index contributed by atoms with van der Waals surface area (Å²) in [4.78, 5) is 17.9. The van der Waals surface area contributed by atoms with Crippen molar-refractivity contribution in [3.63, 3.8) is 0 Å². The second-order valence-electron chi connectivity index (χ2n) is 11.5. The van der Waals surface area contributed by atoms with Gasteiger partial charge in [0.1, 0.15) is 23.8 Å². The first kappa shape index (κ1) is 25.9. The number of carboxylic acid groups (broad SMARTS) is 1. The number of hydrogen-bond donors (Lipinski definition) is 1. The van der Waals surface area contributed by atoms with Crippen LogP contribution < -0.4 is 4.74 Å². The highest BCUT2D eigenvalue weighted by Gasteiger charge is 2.39. The predicted molar refractivity (Wildman–Crippen MR) is 145 cm³/mol. The molecule has 3 aromatic rings. The number of likely N-dealkylation sites (tertiary alicyclic amines) is 1. The highest BCUT2D eigenvalue weighted by Crippen LogP contribution is 2.48. The molecular formula is C32H34F2N2O3. The molecule has 1 saturated carbocycles. The van der Waals surface area contributed by atoms with Crippen LogP contribution in [-0.2, 0) is 17.8 Å². The molecule has 1 unspecified atom stereocenters. The molecule has 1 aromatic heterocycles. The second-order valence-corrected chi connectivity index (χ2v) is 11.5. The Hall–Kier alpha value is -3.32. The largest absolute Gasteiger partial charge is 0.485 e. The van der Waals surface area contributed by atoms with E-state index in [2.05, 4.69) is 29.2 Å². The minimum Gasteiger partial charge on any atom is -0.485 e. The van der Waals surface area contributed by atoms with Gasteiger partial charge in [0.2, 0.25) is 0 Å². The summed E-state index contributed by atoms with van der Waals surface area (Å²) in [5.74, 6) is -0.386. The summed E-state index contributed by atoms with van der Waals surface area (Å²) in [5, 5.41) is 9.70. The summed E-state index contributed by atoms with van der Waals surface area (Å²) in [6.45, 7) is 4.94. The van der Waals surface area contributed by atoms with Crippen LogP contribution in [0.1, 0.15) is 66.2 Å². The lowest BCUT2D eigenvalue weighted by atomic mass is 9.82. The van der Waals surface area contributed by atoms with E-state index >= 15 is 0 Å². The molecule has 5 nitrogen and oxygen atoms in total. The summed E-state index contributed by atoms with van der Waals surface area (Å²) in [6, 6.07) is 14.0. The van der Waals surface area contributed by atoms with Crippen molar-refractivity contribution < 1.29 is 23.4 Å². The van der Waals surface area contributed by atoms with Crippen molar-refractivity contribution in [3.8, 4) is 16.9 Å². The Bertz CT molecular complexity index is 1400. The standard InChI is InChI=1S/C32H34F2N2O3/c1-18-11-27(28(34)14-35-18)26-9-7-22(12-24(26)15-36-16-25(33)17-36)29-10-8-20-3-6-23(13-30(20)39-29)31(21-4-5-21)19(2)32(37)38/h3,6-7,9,11-14,19,21,25,29,31H,4-5,8,10,15-17H2,1-2H3,(H,37,38)/t19-,29?,31-/m0/s1. The first-order valence-corrected chi connectivity index (χ1v) is 13.9. The van der Waals surface area contributed by atoms with Gasteiger partial charge in [-0.1, -0.05) is 37.3 Å². The molecule has 3 heterocycles. The van der Waals surface area contributed by atoms with Gasteiger partial charge in [0.25, 0.3) is 0 Å². The Kier molecular flexibility index (Phi) is 6.88. The van der Waals surface area contributed by atoms with E-state index in [1.165, 1.54) is 6.20 Å². The van der Waals surface area contributed by atoms with Gasteiger partial charge >= 0.3 is 5.97 Å². The molecule has 204 valence electrons. The van der Waals surface area contributed by atoms with Crippen molar-refractivity contribution in [2.24, 2.45) is 11.8 Å². The minimum atomic E-state index is -0.813. The molecule has 1 saturated heterocycles. The van der Waals surface area contributed by atoms with E-state index in [9.17, 15) is 18.7 Å². The van der Waals surface area contributed by atoms with Crippen molar-refractivity contribution >= 4 is 5.97 Å². The number of alkyl halides is 1. The monoisotopic (exact) mass is 532 g/mol. The van der Waals surface area contributed by atoms with Crippen LogP contribution in [0, 0.1) is 24.6 Å². The van der Waals surface area contributed by atoms with E-state index in [-0.39, 0.29) is 17.8 Å². The number of aryl methyl sites for hydroxylation is 2. The maximum atomic E-state index is 14.8. The molecule has 1 aliphatic carbocycles. The molecular weight excluding hydrogens is 498 g/mol. The van der Waals surface area contributed by atoms with Crippen molar-refractivity contribution in [2.75, 3.05) is 13.1 Å². The number of halogens is 2. The molecule has 7 heteroatoms. The van der Waals surface area contributed by atoms with Gasteiger partial charge < -0.3 is 9.84 Å². The zero-order valence-electron chi connectivity index (χ0n) is 22.4. The van der Waals surface area contributed by atoms with Crippen molar-refractivity contribution in [3.05, 3.63) is 82.4 Å². The van der Waals surface area contributed by atoms with Gasteiger partial charge in [0.15, 0.2) is 0 Å². The average Bonchev–Trinajstić information content (AvgIpc) is 3.74. The van der Waals surface area contributed by atoms with Crippen LogP contribution in [0.4, 0.5) is 8.78 Å². The van der Waals surface area contributed by atoms with Gasteiger partial charge in [0.05, 0.1) is 12.1 Å². The minimum absolute atomic E-state index is 0.0164. The van der Waals surface area contributed by atoms with E-state index < -0.39 is 18.1 Å². The molecule has 1 N–H and O–H groups in total. The molecule has 2 fully saturated rings. The van der Waals surface area contributed by atoms with Gasteiger partial charge in [-0.05, 0) is 84.4 Å². The van der Waals surface area contributed by atoms with E-state index in [4.69, 9.17) is 4.74 Å². The maximum absolute atomic E-state index is 14.8. The van der Waals surface area contributed by atoms with E-state index in [0.717, 1.165) is 64.9 Å². The van der Waals surface area contributed by atoms with Gasteiger partial charge in [-0.2, -0.15) is 0 Å². The highest BCUT2D eigenvalue weighted by molar-refractivity contribution is 5.71. The number of pyridine rings is 1. The molecule has 6 rings (SSSR count). The number of rotatable bonds is 8. The summed E-state index contributed by atoms with van der Waals surface area (Å²) in [6.07, 6.45) is 4.06. The fourth-order valence-corrected chi connectivity index (χ4v) is 6.24. The average molecular weight is 533 g/mol. The van der Waals surface area contributed by atoms with Crippen LogP contribution in [0.25, 0.3) is 11.1 Å². The number of fused-ring (bicyclic) bond motifs is 1. The first-order valence-electron chi connectivity index (χ1n) is 13.9. The van der Waals surface area contributed by atoms with Crippen LogP contribution in [0.5, 0.6) is 5.75 Å². The van der Waals surface area contributed by atoms with Gasteiger partial charge in [-0.25, -0.2) is 8.78 Å². The van der Waals surface area contributed by atoms with Crippen molar-refractivity contribution in [1.82, 2.24) is 9.88 Å². The molecule has 2 aromatic carbocycles. The number of hydrogen-bond acceptors (Lipinski definition) is 4. The van der Waals surface area contributed by atoms with Gasteiger partial charge in [-0.3, -0.25) is 14.7 Å². The number of benzene rings is 2. The first-order chi connectivity index (χ1) is 18.8. The summed E-state index contributed by atoms with van der Waals surface area (Å²) in [7, 11) is 0. The third kappa shape index (κ3) is 5.29. The van der Waals surface area contributed by atoms with Crippen LogP contribution in [0.3, 0.4) is 0 Å². The quantitative estimate of drug-likeness (QED) is 0.353. The van der Waals surface area contributed by atoms with Crippen LogP contribution in [0.2, 0.25) is 0 Å². The third-order valence-corrected chi connectivity index (χ3v) is 8.57. The van der Waals surface area contributed by atoms with Crippen molar-refractivity contribution in [1.29, 1.82) is 0 Å². The Morgan fingerprint density at radius 2 is 1.92 bits per heavy atom. The zero-order chi connectivity index (χ0) is 27.3. The fraction of sp³-hybridized carbons (Fsp3) is 0.438. The van der Waals surface area contributed by atoms with E-state index in [1.54, 1.807) is 13.0 Å². The lowest BCUT2D eigenvalue weighted by molar-refractivity contribution is -0.142. The second kappa shape index (κ2) is 10.3. The third-order valence-electron chi connectivity index (χ3n) is 8.57. The molecule has 3 aliphatic rings. The SMILES string of the molecule is Cc1cc(-c2ccc(C3CCc4ccc([C@H](C5CC5)[C@H](C)C(=O)O)cc4O3)cc2CN2CC(F)C2)c(F)cn1. The predicted octanol–water partition coefficient (Wildman–Crippen LogP) is 6.63. The summed E-state index contributed by atoms with van der Waals surface area (Å²) in [5.41, 5.74) is 6.14. The maximum Gasteiger partial charge on any atom is 0.306 e. The lowest BCUT2D eigenvalue weighted by Gasteiger charge is -2.35. The number of nitrogens with zero attached hydrogens (tertiary/aromatic N) is 2. The van der Waals surface area contributed by atoms with Crippen LogP contribution in [0.15, 0.2) is 48.7 Å². The molecule has 2 aliphatic heterocycles. The molecule has 0 spiro atoms. The van der Waals surface area contributed by atoms with Gasteiger partial charge in [-0.15, -0.1) is 0 Å². The normalized spacial score (nSPS) is 21.0. The Morgan fingerprint density at radius 3 is 2.64 bits per heavy atom. The number of aliphatic carboxylic acids is 1. The Balaban J connectivity index is 1.30. The van der Waals surface area contributed by atoms with Crippen LogP contribution >= 0.6 is 0 Å². The topological polar surface area (TPSA) is 62.7 Å². The lowest BCUT2D eigenvalue weighted by Crippen LogP contribution is -2.47. The van der Waals surface area contributed by atoms with E-state index in [1.807, 2.05) is 24.0 Å². The smallest absolute Gasteiger partial charge is 0.306 e. The Morgan fingerprint density at radius 1 is 1.13 bits per heavy atom. The molecule has 3 atom stereocenters. The van der Waals surface area contributed by atoms with E-state index in [0.29, 0.717) is 31.1 Å². The van der Waals surface area contributed by atoms with Crippen molar-refractivity contribution in [2.45, 2.75) is 64.3 Å². The number of aromatic nitrogens is 1. The molecule has 0 radical (unpaired) electrons. The molecule has 0 amide bonds. The number of carboxylic acids is 1. The zero-order valence-corrected chi connectivity index (χ0v) is 22.4.